The number of ketones is 1. The second-order valence-electron chi connectivity index (χ2n) is 6.74. The number of rotatable bonds is 5. The zero-order chi connectivity index (χ0) is 21.3. The molecule has 0 bridgehead atoms. The number of anilines is 2. The molecule has 0 atom stereocenters. The second-order valence-corrected chi connectivity index (χ2v) is 6.74. The third-order valence-corrected chi connectivity index (χ3v) is 4.73. The summed E-state index contributed by atoms with van der Waals surface area (Å²) >= 11 is 0. The van der Waals surface area contributed by atoms with Crippen molar-refractivity contribution in [3.63, 3.8) is 0 Å². The fourth-order valence-corrected chi connectivity index (χ4v) is 3.18. The van der Waals surface area contributed by atoms with Crippen molar-refractivity contribution in [3.8, 4) is 5.75 Å². The minimum atomic E-state index is -0.565. The molecule has 2 amide bonds. The first-order chi connectivity index (χ1) is 14.4. The summed E-state index contributed by atoms with van der Waals surface area (Å²) in [5.41, 5.74) is 8.53. The maximum absolute atomic E-state index is 12.8. The van der Waals surface area contributed by atoms with E-state index in [0.29, 0.717) is 39.2 Å². The molecule has 3 aromatic rings. The largest absolute Gasteiger partial charge is 0.508 e. The molecule has 7 nitrogen and oxygen atoms in total. The average Bonchev–Trinajstić information content (AvgIpc) is 3.06. The molecule has 0 fully saturated rings. The van der Waals surface area contributed by atoms with E-state index in [0.717, 1.165) is 0 Å². The molecule has 0 saturated heterocycles. The zero-order valence-electron chi connectivity index (χ0n) is 15.7. The van der Waals surface area contributed by atoms with Gasteiger partial charge in [0.2, 0.25) is 5.91 Å². The van der Waals surface area contributed by atoms with Gasteiger partial charge in [-0.15, -0.1) is 0 Å². The summed E-state index contributed by atoms with van der Waals surface area (Å²) in [5.74, 6) is -1.00. The molecule has 0 saturated carbocycles. The first-order valence-corrected chi connectivity index (χ1v) is 9.08. The smallest absolute Gasteiger partial charge is 0.257 e. The molecule has 3 aromatic carbocycles. The summed E-state index contributed by atoms with van der Waals surface area (Å²) in [4.78, 5) is 36.4. The van der Waals surface area contributed by atoms with Gasteiger partial charge in [-0.2, -0.15) is 0 Å². The summed E-state index contributed by atoms with van der Waals surface area (Å²) in [6.07, 6.45) is 1.53. The Labute approximate surface area is 171 Å². The first-order valence-electron chi connectivity index (χ1n) is 9.08. The number of nitrogens with two attached hydrogens (primary N) is 1. The lowest BCUT2D eigenvalue weighted by Crippen LogP contribution is -2.11. The predicted octanol–water partition coefficient (Wildman–Crippen LogP) is 3.13. The Bertz CT molecular complexity index is 1210. The first kappa shape index (κ1) is 18.9. The molecular weight excluding hydrogens is 382 g/mol. The van der Waals surface area contributed by atoms with Crippen LogP contribution in [0, 0.1) is 0 Å². The molecular formula is C23H17N3O4. The van der Waals surface area contributed by atoms with E-state index in [9.17, 15) is 19.5 Å². The number of benzene rings is 3. The molecule has 0 aromatic heterocycles. The minimum absolute atomic E-state index is 0.102. The van der Waals surface area contributed by atoms with Gasteiger partial charge >= 0.3 is 0 Å². The molecule has 0 radical (unpaired) electrons. The number of carbonyl (C=O) groups excluding carboxylic acids is 3. The van der Waals surface area contributed by atoms with Gasteiger partial charge < -0.3 is 21.5 Å². The van der Waals surface area contributed by atoms with E-state index in [1.54, 1.807) is 48.5 Å². The number of hydrogen-bond acceptors (Lipinski definition) is 5. The number of aromatic hydroxyl groups is 1. The predicted molar refractivity (Wildman–Crippen MR) is 113 cm³/mol. The van der Waals surface area contributed by atoms with Gasteiger partial charge in [0.15, 0.2) is 5.78 Å². The van der Waals surface area contributed by atoms with Crippen molar-refractivity contribution < 1.29 is 19.5 Å². The van der Waals surface area contributed by atoms with Crippen LogP contribution in [0.25, 0.3) is 5.57 Å². The zero-order valence-corrected chi connectivity index (χ0v) is 15.7. The highest BCUT2D eigenvalue weighted by Crippen LogP contribution is 2.33. The van der Waals surface area contributed by atoms with Crippen LogP contribution in [-0.2, 0) is 4.79 Å². The standard InChI is InChI=1S/C23H17N3O4/c24-22(29)14-6-4-13(5-7-14)21(28)15-8-9-20-18(10-15)19(23(30)26-20)12-25-16-2-1-3-17(27)11-16/h1-12,25,27H,(H2,24,29)(H,26,30). The third kappa shape index (κ3) is 3.64. The van der Waals surface area contributed by atoms with Crippen LogP contribution < -0.4 is 16.4 Å². The van der Waals surface area contributed by atoms with Crippen LogP contribution in [0.2, 0.25) is 0 Å². The van der Waals surface area contributed by atoms with Gasteiger partial charge in [-0.3, -0.25) is 14.4 Å². The fraction of sp³-hybridized carbons (Fsp3) is 0. The molecule has 1 aliphatic heterocycles. The average molecular weight is 399 g/mol. The highest BCUT2D eigenvalue weighted by molar-refractivity contribution is 6.32. The SMILES string of the molecule is NC(=O)c1ccc(C(=O)c2ccc3c(c2)C(=CNc2cccc(O)c2)C(=O)N3)cc1. The van der Waals surface area contributed by atoms with E-state index in [1.165, 1.54) is 24.4 Å². The number of primary amides is 1. The van der Waals surface area contributed by atoms with Crippen LogP contribution in [-0.4, -0.2) is 22.7 Å². The van der Waals surface area contributed by atoms with E-state index >= 15 is 0 Å². The van der Waals surface area contributed by atoms with Gasteiger partial charge in [-0.05, 0) is 42.5 Å². The summed E-state index contributed by atoms with van der Waals surface area (Å²) in [6.45, 7) is 0. The molecule has 5 N–H and O–H groups in total. The molecule has 0 spiro atoms. The maximum Gasteiger partial charge on any atom is 0.257 e. The number of phenolic OH excluding ortho intramolecular Hbond substituents is 1. The Morgan fingerprint density at radius 1 is 0.933 bits per heavy atom. The van der Waals surface area contributed by atoms with E-state index in [2.05, 4.69) is 10.6 Å². The summed E-state index contributed by atoms with van der Waals surface area (Å²) < 4.78 is 0. The van der Waals surface area contributed by atoms with Crippen molar-refractivity contribution in [2.75, 3.05) is 10.6 Å². The van der Waals surface area contributed by atoms with Crippen molar-refractivity contribution in [2.45, 2.75) is 0 Å². The molecule has 30 heavy (non-hydrogen) atoms. The Balaban J connectivity index is 1.63. The minimum Gasteiger partial charge on any atom is -0.508 e. The van der Waals surface area contributed by atoms with Gasteiger partial charge in [0.1, 0.15) is 5.75 Å². The topological polar surface area (TPSA) is 122 Å². The van der Waals surface area contributed by atoms with Gasteiger partial charge in [0.25, 0.3) is 5.91 Å². The molecule has 7 heteroatoms. The summed E-state index contributed by atoms with van der Waals surface area (Å²) in [7, 11) is 0. The lowest BCUT2D eigenvalue weighted by Gasteiger charge is -2.06. The van der Waals surface area contributed by atoms with Gasteiger partial charge in [0.05, 0.1) is 5.57 Å². The van der Waals surface area contributed by atoms with Crippen molar-refractivity contribution in [3.05, 3.63) is 95.2 Å². The van der Waals surface area contributed by atoms with Crippen LogP contribution >= 0.6 is 0 Å². The number of fused-ring (bicyclic) bond motifs is 1. The van der Waals surface area contributed by atoms with Crippen LogP contribution in [0.15, 0.2) is 72.9 Å². The Morgan fingerprint density at radius 2 is 1.63 bits per heavy atom. The third-order valence-electron chi connectivity index (χ3n) is 4.73. The van der Waals surface area contributed by atoms with Crippen LogP contribution in [0.4, 0.5) is 11.4 Å². The van der Waals surface area contributed by atoms with Gasteiger partial charge in [-0.25, -0.2) is 0 Å². The summed E-state index contributed by atoms with van der Waals surface area (Å²) in [5, 5.41) is 15.3. The quantitative estimate of drug-likeness (QED) is 0.388. The molecule has 4 rings (SSSR count). The monoisotopic (exact) mass is 399 g/mol. The van der Waals surface area contributed by atoms with E-state index in [-0.39, 0.29) is 17.4 Å². The summed E-state index contributed by atoms with van der Waals surface area (Å²) in [6, 6.07) is 17.5. The van der Waals surface area contributed by atoms with Crippen LogP contribution in [0.5, 0.6) is 5.75 Å². The van der Waals surface area contributed by atoms with Gasteiger partial charge in [-0.1, -0.05) is 18.2 Å². The number of phenols is 1. The number of nitrogens with one attached hydrogen (secondary N) is 2. The number of hydrogen-bond donors (Lipinski definition) is 4. The highest BCUT2D eigenvalue weighted by atomic mass is 16.3. The normalized spacial score (nSPS) is 13.6. The highest BCUT2D eigenvalue weighted by Gasteiger charge is 2.25. The Kier molecular flexibility index (Phi) is 4.77. The van der Waals surface area contributed by atoms with Crippen LogP contribution in [0.3, 0.4) is 0 Å². The fourth-order valence-electron chi connectivity index (χ4n) is 3.18. The molecule has 148 valence electrons. The van der Waals surface area contributed by atoms with E-state index < -0.39 is 5.91 Å². The van der Waals surface area contributed by atoms with Crippen molar-refractivity contribution in [1.82, 2.24) is 0 Å². The lowest BCUT2D eigenvalue weighted by atomic mass is 9.98. The molecule has 0 aliphatic carbocycles. The Morgan fingerprint density at radius 3 is 2.33 bits per heavy atom. The molecule has 1 heterocycles. The number of amides is 2. The van der Waals surface area contributed by atoms with E-state index in [4.69, 9.17) is 5.73 Å². The van der Waals surface area contributed by atoms with Crippen molar-refractivity contribution in [2.24, 2.45) is 5.73 Å². The molecule has 0 unspecified atom stereocenters. The van der Waals surface area contributed by atoms with E-state index in [1.807, 2.05) is 0 Å². The van der Waals surface area contributed by atoms with Gasteiger partial charge in [0, 0.05) is 45.9 Å². The Hall–Kier alpha value is -4.39. The molecule has 1 aliphatic rings. The maximum atomic E-state index is 12.8. The second kappa shape index (κ2) is 7.56. The number of carbonyl (C=O) groups is 3. The van der Waals surface area contributed by atoms with Crippen molar-refractivity contribution >= 4 is 34.5 Å². The van der Waals surface area contributed by atoms with Crippen LogP contribution in [0.1, 0.15) is 31.8 Å². The lowest BCUT2D eigenvalue weighted by molar-refractivity contribution is -0.110. The van der Waals surface area contributed by atoms with Crippen molar-refractivity contribution in [1.29, 1.82) is 0 Å².